The molecule has 1 aromatic carbocycles. The lowest BCUT2D eigenvalue weighted by Crippen LogP contribution is -2.16. The first-order valence-corrected chi connectivity index (χ1v) is 6.62. The maximum atomic E-state index is 11.5. The topological polar surface area (TPSA) is 136 Å². The van der Waals surface area contributed by atoms with Crippen LogP contribution in [0.3, 0.4) is 0 Å². The minimum absolute atomic E-state index is 0.0195. The number of nitro benzene ring substituents is 1. The van der Waals surface area contributed by atoms with Gasteiger partial charge >= 0.3 is 11.9 Å². The lowest BCUT2D eigenvalue weighted by molar-refractivity contribution is -0.386. The Labute approximate surface area is 131 Å². The van der Waals surface area contributed by atoms with E-state index in [1.54, 1.807) is 0 Å². The van der Waals surface area contributed by atoms with Gasteiger partial charge in [-0.05, 0) is 6.07 Å². The van der Waals surface area contributed by atoms with Crippen LogP contribution in [0, 0.1) is 10.1 Å². The summed E-state index contributed by atoms with van der Waals surface area (Å²) in [6, 6.07) is 0.952. The van der Waals surface area contributed by atoms with Crippen LogP contribution in [-0.4, -0.2) is 54.5 Å². The standard InChI is InChI=1S/C14H17NO8/c1-22-5-3-8-10(13(16)17)7-11(14(18)19)9(4-6-23-2)12(8)15(20)21/h7H,3-6H2,1-2H3,(H,16,17)(H,18,19). The Bertz CT molecular complexity index is 581. The van der Waals surface area contributed by atoms with Crippen LogP contribution in [0.15, 0.2) is 6.07 Å². The zero-order chi connectivity index (χ0) is 17.6. The van der Waals surface area contributed by atoms with E-state index in [1.807, 2.05) is 0 Å². The molecule has 126 valence electrons. The number of hydrogen-bond acceptors (Lipinski definition) is 6. The Balaban J connectivity index is 3.72. The summed E-state index contributed by atoms with van der Waals surface area (Å²) in [4.78, 5) is 33.5. The number of nitrogens with zero attached hydrogens (tertiary/aromatic N) is 1. The van der Waals surface area contributed by atoms with Crippen molar-refractivity contribution < 1.29 is 34.2 Å². The van der Waals surface area contributed by atoms with Gasteiger partial charge in [-0.15, -0.1) is 0 Å². The molecule has 0 radical (unpaired) electrons. The summed E-state index contributed by atoms with van der Waals surface area (Å²) in [5.41, 5.74) is -1.43. The number of carboxylic acid groups (broad SMARTS) is 2. The molecule has 1 aromatic rings. The van der Waals surface area contributed by atoms with Crippen molar-refractivity contribution in [3.8, 4) is 0 Å². The van der Waals surface area contributed by atoms with Crippen molar-refractivity contribution in [3.63, 3.8) is 0 Å². The molecule has 9 heteroatoms. The Morgan fingerprint density at radius 3 is 1.70 bits per heavy atom. The van der Waals surface area contributed by atoms with Gasteiger partial charge in [0.05, 0.1) is 29.3 Å². The van der Waals surface area contributed by atoms with Crippen molar-refractivity contribution in [1.82, 2.24) is 0 Å². The molecule has 9 nitrogen and oxygen atoms in total. The number of carbonyl (C=O) groups is 2. The molecule has 0 fully saturated rings. The van der Waals surface area contributed by atoms with Crippen LogP contribution in [-0.2, 0) is 22.3 Å². The zero-order valence-corrected chi connectivity index (χ0v) is 12.7. The summed E-state index contributed by atoms with van der Waals surface area (Å²) in [6.45, 7) is 0.133. The molecule has 0 atom stereocenters. The average molecular weight is 327 g/mol. The van der Waals surface area contributed by atoms with Gasteiger partial charge in [0.15, 0.2) is 0 Å². The van der Waals surface area contributed by atoms with E-state index in [0.717, 1.165) is 6.07 Å². The smallest absolute Gasteiger partial charge is 0.336 e. The van der Waals surface area contributed by atoms with Crippen LogP contribution < -0.4 is 0 Å². The molecule has 0 aliphatic rings. The molecule has 0 saturated heterocycles. The van der Waals surface area contributed by atoms with E-state index in [9.17, 15) is 29.9 Å². The second-order valence-electron chi connectivity index (χ2n) is 4.63. The van der Waals surface area contributed by atoms with Gasteiger partial charge in [-0.2, -0.15) is 0 Å². The second-order valence-corrected chi connectivity index (χ2v) is 4.63. The molecule has 0 amide bonds. The fourth-order valence-corrected chi connectivity index (χ4v) is 2.27. The summed E-state index contributed by atoms with van der Waals surface area (Å²) < 4.78 is 9.71. The minimum atomic E-state index is -1.43. The molecule has 0 aromatic heterocycles. The minimum Gasteiger partial charge on any atom is -0.478 e. The third kappa shape index (κ3) is 4.24. The molecular formula is C14H17NO8. The van der Waals surface area contributed by atoms with Gasteiger partial charge in [-0.1, -0.05) is 0 Å². The molecule has 1 rings (SSSR count). The van der Waals surface area contributed by atoms with Crippen LogP contribution in [0.25, 0.3) is 0 Å². The lowest BCUT2D eigenvalue weighted by atomic mass is 9.92. The van der Waals surface area contributed by atoms with Crippen molar-refractivity contribution in [2.45, 2.75) is 12.8 Å². The maximum Gasteiger partial charge on any atom is 0.336 e. The maximum absolute atomic E-state index is 11.5. The zero-order valence-electron chi connectivity index (χ0n) is 12.7. The number of carboxylic acids is 2. The van der Waals surface area contributed by atoms with Gasteiger partial charge < -0.3 is 19.7 Å². The van der Waals surface area contributed by atoms with E-state index in [2.05, 4.69) is 0 Å². The molecule has 0 aliphatic carbocycles. The first-order valence-electron chi connectivity index (χ1n) is 6.62. The largest absolute Gasteiger partial charge is 0.478 e. The number of aromatic carboxylic acids is 2. The van der Waals surface area contributed by atoms with Crippen LogP contribution in [0.4, 0.5) is 5.69 Å². The first-order chi connectivity index (χ1) is 10.8. The van der Waals surface area contributed by atoms with E-state index >= 15 is 0 Å². The van der Waals surface area contributed by atoms with Crippen LogP contribution in [0.5, 0.6) is 0 Å². The predicted octanol–water partition coefficient (Wildman–Crippen LogP) is 1.37. The van der Waals surface area contributed by atoms with Crippen LogP contribution in [0.1, 0.15) is 31.8 Å². The van der Waals surface area contributed by atoms with Gasteiger partial charge in [0.2, 0.25) is 0 Å². The third-order valence-corrected chi connectivity index (χ3v) is 3.27. The third-order valence-electron chi connectivity index (χ3n) is 3.27. The van der Waals surface area contributed by atoms with Crippen molar-refractivity contribution >= 4 is 17.6 Å². The molecule has 0 bridgehead atoms. The molecule has 0 heterocycles. The molecule has 0 saturated carbocycles. The number of nitro groups is 1. The van der Waals surface area contributed by atoms with Gasteiger partial charge in [-0.25, -0.2) is 9.59 Å². The fourth-order valence-electron chi connectivity index (χ4n) is 2.27. The first kappa shape index (κ1) is 18.5. The lowest BCUT2D eigenvalue weighted by Gasteiger charge is -2.14. The molecule has 0 aliphatic heterocycles. The highest BCUT2D eigenvalue weighted by Crippen LogP contribution is 2.32. The number of rotatable bonds is 9. The number of methoxy groups -OCH3 is 2. The summed E-state index contributed by atoms with van der Waals surface area (Å²) in [5.74, 6) is -2.86. The van der Waals surface area contributed by atoms with E-state index in [0.29, 0.717) is 0 Å². The average Bonchev–Trinajstić information content (AvgIpc) is 2.48. The SMILES string of the molecule is COCCc1c(C(=O)O)cc(C(=O)O)c(CCOC)c1[N+](=O)[O-]. The monoisotopic (exact) mass is 327 g/mol. The quantitative estimate of drug-likeness (QED) is 0.512. The Kier molecular flexibility index (Phi) is 6.61. The number of ether oxygens (including phenoxy) is 2. The van der Waals surface area contributed by atoms with Crippen molar-refractivity contribution in [1.29, 1.82) is 0 Å². The fraction of sp³-hybridized carbons (Fsp3) is 0.429. The van der Waals surface area contributed by atoms with Gasteiger partial charge in [0.25, 0.3) is 5.69 Å². The van der Waals surface area contributed by atoms with Crippen molar-refractivity contribution in [2.24, 2.45) is 0 Å². The van der Waals surface area contributed by atoms with E-state index in [4.69, 9.17) is 9.47 Å². The Morgan fingerprint density at radius 1 is 1.04 bits per heavy atom. The summed E-state index contributed by atoms with van der Waals surface area (Å²) in [6.07, 6.45) is -0.0390. The van der Waals surface area contributed by atoms with E-state index < -0.39 is 33.7 Å². The Hall–Kier alpha value is -2.52. The van der Waals surface area contributed by atoms with E-state index in [1.165, 1.54) is 14.2 Å². The summed E-state index contributed by atoms with van der Waals surface area (Å²) in [5, 5.41) is 30.0. The second kappa shape index (κ2) is 8.20. The molecule has 0 unspecified atom stereocenters. The Morgan fingerprint density at radius 2 is 1.43 bits per heavy atom. The molecule has 2 N–H and O–H groups in total. The van der Waals surface area contributed by atoms with Crippen molar-refractivity contribution in [2.75, 3.05) is 27.4 Å². The number of benzene rings is 1. The molecular weight excluding hydrogens is 310 g/mol. The van der Waals surface area contributed by atoms with Crippen molar-refractivity contribution in [3.05, 3.63) is 38.4 Å². The molecule has 23 heavy (non-hydrogen) atoms. The highest BCUT2D eigenvalue weighted by molar-refractivity contribution is 5.98. The highest BCUT2D eigenvalue weighted by Gasteiger charge is 2.30. The highest BCUT2D eigenvalue weighted by atomic mass is 16.6. The number of hydrogen-bond donors (Lipinski definition) is 2. The predicted molar refractivity (Wildman–Crippen MR) is 78.2 cm³/mol. The normalized spacial score (nSPS) is 10.5. The summed E-state index contributed by atoms with van der Waals surface area (Å²) in [7, 11) is 2.76. The summed E-state index contributed by atoms with van der Waals surface area (Å²) >= 11 is 0. The van der Waals surface area contributed by atoms with Crippen LogP contribution in [0.2, 0.25) is 0 Å². The molecule has 0 spiro atoms. The van der Waals surface area contributed by atoms with Gasteiger partial charge in [0, 0.05) is 38.2 Å². The van der Waals surface area contributed by atoms with Gasteiger partial charge in [0.1, 0.15) is 0 Å². The van der Waals surface area contributed by atoms with Crippen LogP contribution >= 0.6 is 0 Å². The van der Waals surface area contributed by atoms with E-state index in [-0.39, 0.29) is 37.2 Å². The van der Waals surface area contributed by atoms with Gasteiger partial charge in [-0.3, -0.25) is 10.1 Å².